The van der Waals surface area contributed by atoms with Crippen LogP contribution < -0.4 is 9.64 Å². The van der Waals surface area contributed by atoms with E-state index in [4.69, 9.17) is 9.47 Å². The molecule has 0 spiro atoms. The monoisotopic (exact) mass is 422 g/mol. The zero-order valence-corrected chi connectivity index (χ0v) is 18.7. The molecule has 3 fully saturated rings. The minimum absolute atomic E-state index is 0.533. The molecule has 5 rings (SSSR count). The molecule has 0 radical (unpaired) electrons. The van der Waals surface area contributed by atoms with E-state index in [-0.39, 0.29) is 0 Å². The molecule has 4 heterocycles. The van der Waals surface area contributed by atoms with E-state index in [1.165, 1.54) is 37.8 Å². The normalized spacial score (nSPS) is 28.3. The molecule has 4 atom stereocenters. The lowest BCUT2D eigenvalue weighted by Gasteiger charge is -2.57. The fraction of sp³-hybridized carbons (Fsp3) is 0.600. The predicted octanol–water partition coefficient (Wildman–Crippen LogP) is 3.55. The fourth-order valence-corrected chi connectivity index (χ4v) is 6.20. The van der Waals surface area contributed by atoms with Crippen LogP contribution in [0.15, 0.2) is 36.7 Å². The molecule has 0 aliphatic carbocycles. The Hall–Kier alpha value is -2.18. The van der Waals surface area contributed by atoms with Gasteiger partial charge in [0.25, 0.3) is 0 Å². The lowest BCUT2D eigenvalue weighted by molar-refractivity contribution is -0.0318. The van der Waals surface area contributed by atoms with Gasteiger partial charge in [0.2, 0.25) is 0 Å². The van der Waals surface area contributed by atoms with Crippen molar-refractivity contribution in [3.63, 3.8) is 0 Å². The molecular formula is C25H34N4O2. The number of rotatable bonds is 6. The first-order chi connectivity index (χ1) is 15.2. The van der Waals surface area contributed by atoms with Gasteiger partial charge in [-0.3, -0.25) is 4.90 Å². The molecule has 6 heteroatoms. The summed E-state index contributed by atoms with van der Waals surface area (Å²) in [6, 6.07) is 12.0. The number of nitrogens with zero attached hydrogens (tertiary/aromatic N) is 4. The van der Waals surface area contributed by atoms with E-state index in [0.717, 1.165) is 42.7 Å². The Bertz CT molecular complexity index is 891. The number of aromatic nitrogens is 2. The maximum atomic E-state index is 5.49. The van der Waals surface area contributed by atoms with Crippen LogP contribution in [-0.4, -0.2) is 60.8 Å². The van der Waals surface area contributed by atoms with Crippen LogP contribution >= 0.6 is 0 Å². The Morgan fingerprint density at radius 3 is 2.84 bits per heavy atom. The van der Waals surface area contributed by atoms with Crippen molar-refractivity contribution in [3.8, 4) is 5.75 Å². The second-order valence-corrected chi connectivity index (χ2v) is 9.39. The Morgan fingerprint density at radius 1 is 1.06 bits per heavy atom. The summed E-state index contributed by atoms with van der Waals surface area (Å²) in [6.45, 7) is 3.95. The van der Waals surface area contributed by atoms with Gasteiger partial charge in [0.05, 0.1) is 19.4 Å². The molecule has 0 saturated carbocycles. The topological polar surface area (TPSA) is 50.7 Å². The fourth-order valence-electron chi connectivity index (χ4n) is 6.20. The summed E-state index contributed by atoms with van der Waals surface area (Å²) in [5, 5.41) is 0. The van der Waals surface area contributed by atoms with Crippen molar-refractivity contribution < 1.29 is 9.47 Å². The lowest BCUT2D eigenvalue weighted by Crippen LogP contribution is -2.64. The maximum Gasteiger partial charge on any atom is 0.132 e. The van der Waals surface area contributed by atoms with E-state index in [1.54, 1.807) is 20.5 Å². The summed E-state index contributed by atoms with van der Waals surface area (Å²) < 4.78 is 10.8. The molecule has 3 aliphatic rings. The van der Waals surface area contributed by atoms with Crippen molar-refractivity contribution in [2.75, 3.05) is 38.8 Å². The molecule has 166 valence electrons. The number of fused-ring (bicyclic) bond motifs is 4. The zero-order valence-electron chi connectivity index (χ0n) is 18.7. The Balaban J connectivity index is 1.41. The predicted molar refractivity (Wildman–Crippen MR) is 121 cm³/mol. The molecule has 3 saturated heterocycles. The van der Waals surface area contributed by atoms with Crippen LogP contribution in [-0.2, 0) is 17.8 Å². The average Bonchev–Trinajstić information content (AvgIpc) is 2.82. The number of anilines is 1. The van der Waals surface area contributed by atoms with Gasteiger partial charge in [-0.25, -0.2) is 9.97 Å². The molecule has 2 aromatic rings. The third kappa shape index (κ3) is 4.28. The molecule has 1 aromatic carbocycles. The molecule has 0 amide bonds. The molecule has 31 heavy (non-hydrogen) atoms. The summed E-state index contributed by atoms with van der Waals surface area (Å²) in [6.07, 6.45) is 8.15. The first-order valence-electron chi connectivity index (χ1n) is 11.7. The quantitative estimate of drug-likeness (QED) is 0.710. The summed E-state index contributed by atoms with van der Waals surface area (Å²) >= 11 is 0. The van der Waals surface area contributed by atoms with Gasteiger partial charge >= 0.3 is 0 Å². The number of hydrogen-bond donors (Lipinski definition) is 0. The average molecular weight is 423 g/mol. The van der Waals surface area contributed by atoms with Crippen molar-refractivity contribution in [3.05, 3.63) is 47.9 Å². The van der Waals surface area contributed by atoms with Gasteiger partial charge in [-0.15, -0.1) is 0 Å². The van der Waals surface area contributed by atoms with Crippen molar-refractivity contribution >= 4 is 5.82 Å². The van der Waals surface area contributed by atoms with Gasteiger partial charge in [0.15, 0.2) is 0 Å². The SMILES string of the molecule is COCc1cc(N2C[C@H]3C[C@@H](C2)[C@H](Cc2cccc(OC)c2)N2CCCC[C@@H]32)ncn1. The molecule has 6 nitrogen and oxygen atoms in total. The third-order valence-corrected chi connectivity index (χ3v) is 7.53. The van der Waals surface area contributed by atoms with Gasteiger partial charge in [0, 0.05) is 38.3 Å². The van der Waals surface area contributed by atoms with Gasteiger partial charge < -0.3 is 14.4 Å². The first kappa shape index (κ1) is 20.7. The Labute approximate surface area is 185 Å². The highest BCUT2D eigenvalue weighted by Crippen LogP contribution is 2.43. The van der Waals surface area contributed by atoms with E-state index < -0.39 is 0 Å². The van der Waals surface area contributed by atoms with Gasteiger partial charge in [0.1, 0.15) is 17.9 Å². The smallest absolute Gasteiger partial charge is 0.132 e. The molecule has 3 aliphatic heterocycles. The van der Waals surface area contributed by atoms with Crippen LogP contribution in [0.25, 0.3) is 0 Å². The number of ether oxygens (including phenoxy) is 2. The number of methoxy groups -OCH3 is 2. The van der Waals surface area contributed by atoms with Crippen LogP contribution in [0.4, 0.5) is 5.82 Å². The van der Waals surface area contributed by atoms with E-state index >= 15 is 0 Å². The van der Waals surface area contributed by atoms with E-state index in [1.807, 2.05) is 6.07 Å². The minimum atomic E-state index is 0.533. The van der Waals surface area contributed by atoms with Gasteiger partial charge in [-0.1, -0.05) is 18.6 Å². The van der Waals surface area contributed by atoms with E-state index in [0.29, 0.717) is 24.6 Å². The Kier molecular flexibility index (Phi) is 6.10. The van der Waals surface area contributed by atoms with Crippen molar-refractivity contribution in [2.24, 2.45) is 11.8 Å². The first-order valence-corrected chi connectivity index (χ1v) is 11.7. The van der Waals surface area contributed by atoms with Crippen LogP contribution in [0.5, 0.6) is 5.75 Å². The molecule has 2 bridgehead atoms. The van der Waals surface area contributed by atoms with E-state index in [2.05, 4.69) is 44.0 Å². The second-order valence-electron chi connectivity index (χ2n) is 9.39. The number of benzene rings is 1. The zero-order chi connectivity index (χ0) is 21.2. The van der Waals surface area contributed by atoms with Gasteiger partial charge in [-0.2, -0.15) is 0 Å². The van der Waals surface area contributed by atoms with Gasteiger partial charge in [-0.05, 0) is 61.8 Å². The molecular weight excluding hydrogens is 388 g/mol. The second kappa shape index (κ2) is 9.13. The highest BCUT2D eigenvalue weighted by molar-refractivity contribution is 5.40. The third-order valence-electron chi connectivity index (χ3n) is 7.53. The van der Waals surface area contributed by atoms with Crippen molar-refractivity contribution in [1.29, 1.82) is 0 Å². The minimum Gasteiger partial charge on any atom is -0.497 e. The maximum absolute atomic E-state index is 5.49. The summed E-state index contributed by atoms with van der Waals surface area (Å²) in [7, 11) is 3.47. The summed E-state index contributed by atoms with van der Waals surface area (Å²) in [4.78, 5) is 14.4. The van der Waals surface area contributed by atoms with Crippen LogP contribution in [0, 0.1) is 11.8 Å². The highest BCUT2D eigenvalue weighted by atomic mass is 16.5. The van der Waals surface area contributed by atoms with Crippen LogP contribution in [0.1, 0.15) is 36.9 Å². The Morgan fingerprint density at radius 2 is 1.97 bits per heavy atom. The van der Waals surface area contributed by atoms with Crippen molar-refractivity contribution in [1.82, 2.24) is 14.9 Å². The van der Waals surface area contributed by atoms with Crippen LogP contribution in [0.3, 0.4) is 0 Å². The molecule has 0 N–H and O–H groups in total. The van der Waals surface area contributed by atoms with Crippen molar-refractivity contribution in [2.45, 2.75) is 50.8 Å². The highest BCUT2D eigenvalue weighted by Gasteiger charge is 2.47. The lowest BCUT2D eigenvalue weighted by atomic mass is 9.71. The molecule has 1 aromatic heterocycles. The van der Waals surface area contributed by atoms with E-state index in [9.17, 15) is 0 Å². The largest absolute Gasteiger partial charge is 0.497 e. The summed E-state index contributed by atoms with van der Waals surface area (Å²) in [5.74, 6) is 3.39. The number of hydrogen-bond acceptors (Lipinski definition) is 6. The van der Waals surface area contributed by atoms with Crippen LogP contribution in [0.2, 0.25) is 0 Å². The summed E-state index contributed by atoms with van der Waals surface area (Å²) in [5.41, 5.74) is 2.34. The molecule has 0 unspecified atom stereocenters. The standard InChI is InChI=1S/C25H34N4O2/c1-30-16-21-13-25(27-17-26-21)28-14-19-12-20(15-28)24(29-9-4-3-8-23(19)29)11-18-6-5-7-22(10-18)31-2/h5-7,10,13,17,19-20,23-24H,3-4,8-9,11-12,14-16H2,1-2H3/t19-,20+,23+,24+/m1/s1. The number of piperidine rings is 3.